The molecule has 0 radical (unpaired) electrons. The van der Waals surface area contributed by atoms with Crippen molar-refractivity contribution in [2.75, 3.05) is 31.7 Å². The Balaban J connectivity index is 1.43. The molecule has 2 aromatic rings. The lowest BCUT2D eigenvalue weighted by atomic mass is 9.68. The molecule has 9 heteroatoms. The number of hydrogen-bond acceptors (Lipinski definition) is 6. The van der Waals surface area contributed by atoms with Crippen LogP contribution in [0.15, 0.2) is 48.6 Å². The first-order chi connectivity index (χ1) is 19.7. The van der Waals surface area contributed by atoms with Gasteiger partial charge in [-0.3, -0.25) is 4.79 Å². The molecular weight excluding hydrogens is 560 g/mol. The lowest BCUT2D eigenvalue weighted by molar-refractivity contribution is 0.0132. The molecule has 41 heavy (non-hydrogen) atoms. The maximum atomic E-state index is 13.2. The quantitative estimate of drug-likeness (QED) is 0.427. The van der Waals surface area contributed by atoms with Gasteiger partial charge < -0.3 is 14.4 Å². The number of amides is 1. The zero-order chi connectivity index (χ0) is 28.8. The topological polar surface area (TPSA) is 84.9 Å². The van der Waals surface area contributed by atoms with Crippen LogP contribution in [-0.2, 0) is 26.6 Å². The van der Waals surface area contributed by atoms with E-state index in [0.29, 0.717) is 36.8 Å². The Morgan fingerprint density at radius 2 is 2.00 bits per heavy atom. The number of carbonyl (C=O) groups excluding carboxylic acids is 1. The van der Waals surface area contributed by atoms with Crippen molar-refractivity contribution in [2.24, 2.45) is 11.8 Å². The first-order valence-corrected chi connectivity index (χ1v) is 16.7. The summed E-state index contributed by atoms with van der Waals surface area (Å²) in [4.78, 5) is 15.6. The lowest BCUT2D eigenvalue weighted by Gasteiger charge is -2.46. The van der Waals surface area contributed by atoms with Crippen molar-refractivity contribution in [1.29, 1.82) is 0 Å². The van der Waals surface area contributed by atoms with Gasteiger partial charge in [-0.15, -0.1) is 0 Å². The van der Waals surface area contributed by atoms with Gasteiger partial charge in [0.15, 0.2) is 0 Å². The van der Waals surface area contributed by atoms with Crippen LogP contribution in [0.25, 0.3) is 0 Å². The summed E-state index contributed by atoms with van der Waals surface area (Å²) in [5.74, 6) is 0.902. The number of fused-ring (bicyclic) bond motifs is 4. The van der Waals surface area contributed by atoms with E-state index in [0.717, 1.165) is 61.7 Å². The van der Waals surface area contributed by atoms with Gasteiger partial charge in [0.25, 0.3) is 5.91 Å². The van der Waals surface area contributed by atoms with E-state index in [1.54, 1.807) is 20.1 Å². The zero-order valence-corrected chi connectivity index (χ0v) is 25.3. The molecule has 0 aromatic heterocycles. The molecule has 2 aromatic carbocycles. The number of aryl methyl sites for hydroxylation is 1. The molecule has 6 rings (SSSR count). The number of nitrogens with one attached hydrogen (secondary N) is 1. The van der Waals surface area contributed by atoms with Gasteiger partial charge in [-0.25, -0.2) is 13.1 Å². The third kappa shape index (κ3) is 5.51. The number of benzene rings is 2. The molecule has 1 N–H and O–H groups in total. The van der Waals surface area contributed by atoms with Crippen molar-refractivity contribution in [3.8, 4) is 5.75 Å². The lowest BCUT2D eigenvalue weighted by Crippen LogP contribution is -2.49. The van der Waals surface area contributed by atoms with E-state index in [2.05, 4.69) is 27.8 Å². The number of ether oxygens (including phenoxy) is 2. The highest BCUT2D eigenvalue weighted by atomic mass is 35.5. The van der Waals surface area contributed by atoms with Gasteiger partial charge in [-0.05, 0) is 105 Å². The van der Waals surface area contributed by atoms with Crippen molar-refractivity contribution in [3.63, 3.8) is 0 Å². The number of carbonyl (C=O) groups is 1. The minimum atomic E-state index is -3.84. The molecule has 7 nitrogen and oxygen atoms in total. The molecule has 1 fully saturated rings. The number of methoxy groups -OCH3 is 1. The highest BCUT2D eigenvalue weighted by molar-refractivity contribution is 7.90. The molecule has 0 unspecified atom stereocenters. The zero-order valence-electron chi connectivity index (χ0n) is 23.8. The molecular formula is C32H39ClN2O5S. The van der Waals surface area contributed by atoms with Gasteiger partial charge in [0.2, 0.25) is 10.0 Å². The second-order valence-corrected chi connectivity index (χ2v) is 14.8. The summed E-state index contributed by atoms with van der Waals surface area (Å²) >= 11 is 6.39. The fraction of sp³-hybridized carbons (Fsp3) is 0.531. The molecule has 1 saturated carbocycles. The Bertz CT molecular complexity index is 1460. The molecule has 0 saturated heterocycles. The summed E-state index contributed by atoms with van der Waals surface area (Å²) in [6.07, 6.45) is 10.4. The average Bonchev–Trinajstić information content (AvgIpc) is 3.08. The minimum Gasteiger partial charge on any atom is -0.490 e. The fourth-order valence-electron chi connectivity index (χ4n) is 7.19. The number of sulfonamides is 1. The predicted octanol–water partition coefficient (Wildman–Crippen LogP) is 5.65. The highest BCUT2D eigenvalue weighted by Gasteiger charge is 2.44. The van der Waals surface area contributed by atoms with Crippen LogP contribution in [0.3, 0.4) is 0 Å². The molecule has 220 valence electrons. The third-order valence-electron chi connectivity index (χ3n) is 9.76. The summed E-state index contributed by atoms with van der Waals surface area (Å²) in [6.45, 7) is 3.72. The maximum absolute atomic E-state index is 13.2. The van der Waals surface area contributed by atoms with Crippen LogP contribution in [0.1, 0.15) is 66.9 Å². The van der Waals surface area contributed by atoms with Gasteiger partial charge in [0.1, 0.15) is 5.75 Å². The van der Waals surface area contributed by atoms with Crippen molar-refractivity contribution in [3.05, 3.63) is 70.3 Å². The number of nitrogens with zero attached hydrogens (tertiary/aromatic N) is 1. The molecule has 1 spiro atoms. The Morgan fingerprint density at radius 1 is 1.15 bits per heavy atom. The van der Waals surface area contributed by atoms with E-state index in [1.807, 2.05) is 24.3 Å². The van der Waals surface area contributed by atoms with E-state index in [-0.39, 0.29) is 11.5 Å². The van der Waals surface area contributed by atoms with E-state index in [4.69, 9.17) is 21.1 Å². The molecule has 1 amide bonds. The Labute approximate surface area is 248 Å². The molecule has 2 bridgehead atoms. The van der Waals surface area contributed by atoms with Gasteiger partial charge in [-0.1, -0.05) is 29.8 Å². The minimum absolute atomic E-state index is 0.0196. The van der Waals surface area contributed by atoms with Gasteiger partial charge in [0, 0.05) is 36.2 Å². The molecule has 2 heterocycles. The first kappa shape index (κ1) is 28.6. The van der Waals surface area contributed by atoms with E-state index in [1.165, 1.54) is 11.1 Å². The summed E-state index contributed by atoms with van der Waals surface area (Å²) in [6, 6.07) is 11.5. The molecule has 5 atom stereocenters. The summed E-state index contributed by atoms with van der Waals surface area (Å²) < 4.78 is 40.8. The first-order valence-electron chi connectivity index (χ1n) is 14.8. The number of rotatable bonds is 1. The molecule has 2 aliphatic carbocycles. The van der Waals surface area contributed by atoms with Gasteiger partial charge in [-0.2, -0.15) is 0 Å². The fourth-order valence-corrected chi connectivity index (χ4v) is 8.41. The average molecular weight is 599 g/mol. The monoisotopic (exact) mass is 598 g/mol. The molecule has 2 aliphatic heterocycles. The van der Waals surface area contributed by atoms with E-state index in [9.17, 15) is 13.2 Å². The SMILES string of the molecule is CO[C@H]1/C=C/CC[C@@H](C)S(=O)(=O)NC(=O)c2ccc3c(c2)N(C[C@@H]2CC[C@H]21)C[C@@]1(CCCc2cc(Cl)ccc21)CO3. The normalized spacial score (nSPS) is 32.0. The van der Waals surface area contributed by atoms with Crippen LogP contribution in [0.5, 0.6) is 5.75 Å². The van der Waals surface area contributed by atoms with Crippen LogP contribution in [0.4, 0.5) is 5.69 Å². The second-order valence-electron chi connectivity index (χ2n) is 12.3. The number of anilines is 1. The Kier molecular flexibility index (Phi) is 7.85. The summed E-state index contributed by atoms with van der Waals surface area (Å²) in [5.41, 5.74) is 3.49. The van der Waals surface area contributed by atoms with Crippen LogP contribution in [0, 0.1) is 11.8 Å². The summed E-state index contributed by atoms with van der Waals surface area (Å²) in [5, 5.41) is 0.0429. The summed E-state index contributed by atoms with van der Waals surface area (Å²) in [7, 11) is -2.08. The third-order valence-corrected chi connectivity index (χ3v) is 11.8. The largest absolute Gasteiger partial charge is 0.490 e. The Hall–Kier alpha value is -2.55. The predicted molar refractivity (Wildman–Crippen MR) is 161 cm³/mol. The highest BCUT2D eigenvalue weighted by Crippen LogP contribution is 2.47. The van der Waals surface area contributed by atoms with Crippen LogP contribution >= 0.6 is 11.6 Å². The van der Waals surface area contributed by atoms with E-state index >= 15 is 0 Å². The van der Waals surface area contributed by atoms with Crippen molar-refractivity contribution >= 4 is 33.2 Å². The standard InChI is InChI=1S/C32H39ClN2O5S/c1-21-6-3-4-8-29(39-2)26-12-9-24(26)18-35-19-32(15-5-7-22-16-25(33)11-13-27(22)32)20-40-30-14-10-23(17-28(30)35)31(36)34-41(21,37)38/h4,8,10-11,13-14,16-17,21,24,26,29H,3,5-7,9,12,15,18-20H2,1-2H3,(H,34,36)/b8-4+/t21-,24+,26-,29+,32+/m1/s1. The molecule has 4 aliphatic rings. The van der Waals surface area contributed by atoms with Crippen LogP contribution in [-0.4, -0.2) is 52.5 Å². The Morgan fingerprint density at radius 3 is 2.78 bits per heavy atom. The second kappa shape index (κ2) is 11.3. The van der Waals surface area contributed by atoms with Crippen molar-refractivity contribution in [2.45, 2.75) is 68.6 Å². The maximum Gasteiger partial charge on any atom is 0.264 e. The smallest absolute Gasteiger partial charge is 0.264 e. The number of allylic oxidation sites excluding steroid dienone is 1. The van der Waals surface area contributed by atoms with Crippen LogP contribution < -0.4 is 14.4 Å². The van der Waals surface area contributed by atoms with Crippen molar-refractivity contribution in [1.82, 2.24) is 4.72 Å². The van der Waals surface area contributed by atoms with Gasteiger partial charge >= 0.3 is 0 Å². The van der Waals surface area contributed by atoms with Crippen molar-refractivity contribution < 1.29 is 22.7 Å². The number of hydrogen-bond donors (Lipinski definition) is 1. The van der Waals surface area contributed by atoms with E-state index < -0.39 is 21.2 Å². The van der Waals surface area contributed by atoms with Crippen LogP contribution in [0.2, 0.25) is 5.02 Å². The number of halogens is 1. The van der Waals surface area contributed by atoms with Gasteiger partial charge in [0.05, 0.1) is 23.6 Å².